The molecule has 0 bridgehead atoms. The molecule has 4 N–H and O–H groups in total. The Bertz CT molecular complexity index is 324. The largest absolute Gasteiger partial charge is 0.478 e. The van der Waals surface area contributed by atoms with Gasteiger partial charge in [0, 0.05) is 17.5 Å². The van der Waals surface area contributed by atoms with Gasteiger partial charge in [-0.15, -0.1) is 0 Å². The van der Waals surface area contributed by atoms with Crippen molar-refractivity contribution < 1.29 is 24.9 Å². The lowest BCUT2D eigenvalue weighted by Gasteiger charge is -2.27. The standard InChI is InChI=1S/C12H21NO5/c1-8(11(17)18)5-4-6-13-10(16)9(15)12(2,3)7-14/h9,14-15H,1,4-7H2,2-3H3,(H,13,16)(H,17,18). The summed E-state index contributed by atoms with van der Waals surface area (Å²) < 4.78 is 0. The highest BCUT2D eigenvalue weighted by Crippen LogP contribution is 2.19. The van der Waals surface area contributed by atoms with Gasteiger partial charge < -0.3 is 20.6 Å². The molecule has 0 aromatic rings. The van der Waals surface area contributed by atoms with Gasteiger partial charge in [0.25, 0.3) is 0 Å². The Labute approximate surface area is 106 Å². The van der Waals surface area contributed by atoms with Crippen LogP contribution < -0.4 is 5.32 Å². The Morgan fingerprint density at radius 1 is 1.39 bits per heavy atom. The normalized spacial score (nSPS) is 12.9. The predicted octanol–water partition coefficient (Wildman–Crippen LogP) is -0.0970. The maximum Gasteiger partial charge on any atom is 0.330 e. The van der Waals surface area contributed by atoms with Crippen molar-refractivity contribution in [1.82, 2.24) is 5.32 Å². The summed E-state index contributed by atoms with van der Waals surface area (Å²) in [6, 6.07) is 0. The Kier molecular flexibility index (Phi) is 6.57. The highest BCUT2D eigenvalue weighted by molar-refractivity contribution is 5.85. The summed E-state index contributed by atoms with van der Waals surface area (Å²) in [5.41, 5.74) is -0.824. The molecule has 0 radical (unpaired) electrons. The summed E-state index contributed by atoms with van der Waals surface area (Å²) in [7, 11) is 0. The number of hydrogen-bond acceptors (Lipinski definition) is 4. The minimum atomic E-state index is -1.30. The number of carboxylic acid groups (broad SMARTS) is 1. The lowest BCUT2D eigenvalue weighted by molar-refractivity contribution is -0.137. The number of hydrogen-bond donors (Lipinski definition) is 4. The van der Waals surface area contributed by atoms with Crippen molar-refractivity contribution in [3.63, 3.8) is 0 Å². The SMILES string of the molecule is C=C(CCCNC(=O)C(O)C(C)(C)CO)C(=O)O. The van der Waals surface area contributed by atoms with Crippen molar-refractivity contribution >= 4 is 11.9 Å². The van der Waals surface area contributed by atoms with Gasteiger partial charge in [0.05, 0.1) is 6.61 Å². The first-order valence-electron chi connectivity index (χ1n) is 5.70. The minimum absolute atomic E-state index is 0.0838. The number of aliphatic hydroxyl groups excluding tert-OH is 2. The number of nitrogens with one attached hydrogen (secondary N) is 1. The van der Waals surface area contributed by atoms with Crippen molar-refractivity contribution in [3.8, 4) is 0 Å². The molecule has 0 aromatic carbocycles. The van der Waals surface area contributed by atoms with Gasteiger partial charge in [-0.05, 0) is 12.8 Å². The van der Waals surface area contributed by atoms with E-state index < -0.39 is 23.4 Å². The molecule has 0 aliphatic carbocycles. The molecule has 0 rings (SSSR count). The zero-order chi connectivity index (χ0) is 14.3. The first-order chi connectivity index (χ1) is 8.22. The number of carbonyl (C=O) groups excluding carboxylic acids is 1. The molecular formula is C12H21NO5. The second kappa shape index (κ2) is 7.13. The van der Waals surface area contributed by atoms with E-state index >= 15 is 0 Å². The molecular weight excluding hydrogens is 238 g/mol. The van der Waals surface area contributed by atoms with E-state index in [9.17, 15) is 14.7 Å². The number of carboxylic acids is 1. The number of aliphatic hydroxyl groups is 2. The van der Waals surface area contributed by atoms with E-state index in [1.54, 1.807) is 13.8 Å². The van der Waals surface area contributed by atoms with Gasteiger partial charge in [0.2, 0.25) is 5.91 Å². The Morgan fingerprint density at radius 3 is 2.39 bits per heavy atom. The molecule has 0 heterocycles. The van der Waals surface area contributed by atoms with Crippen LogP contribution in [0.25, 0.3) is 0 Å². The third-order valence-electron chi connectivity index (χ3n) is 2.65. The quantitative estimate of drug-likeness (QED) is 0.360. The predicted molar refractivity (Wildman–Crippen MR) is 65.9 cm³/mol. The van der Waals surface area contributed by atoms with Crippen LogP contribution in [0.1, 0.15) is 26.7 Å². The fraction of sp³-hybridized carbons (Fsp3) is 0.667. The molecule has 0 aliphatic rings. The maximum absolute atomic E-state index is 11.5. The Morgan fingerprint density at radius 2 is 1.94 bits per heavy atom. The second-order valence-electron chi connectivity index (χ2n) is 4.85. The topological polar surface area (TPSA) is 107 Å². The van der Waals surface area contributed by atoms with E-state index in [2.05, 4.69) is 11.9 Å². The van der Waals surface area contributed by atoms with E-state index in [-0.39, 0.29) is 25.1 Å². The van der Waals surface area contributed by atoms with Crippen LogP contribution in [-0.2, 0) is 9.59 Å². The van der Waals surface area contributed by atoms with Crippen molar-refractivity contribution in [1.29, 1.82) is 0 Å². The van der Waals surface area contributed by atoms with Gasteiger partial charge >= 0.3 is 5.97 Å². The van der Waals surface area contributed by atoms with Crippen LogP contribution in [0.15, 0.2) is 12.2 Å². The molecule has 18 heavy (non-hydrogen) atoms. The molecule has 0 spiro atoms. The molecule has 1 atom stereocenters. The van der Waals surface area contributed by atoms with Gasteiger partial charge in [-0.25, -0.2) is 4.79 Å². The molecule has 0 saturated carbocycles. The lowest BCUT2D eigenvalue weighted by atomic mass is 9.87. The monoisotopic (exact) mass is 259 g/mol. The van der Waals surface area contributed by atoms with E-state index in [4.69, 9.17) is 10.2 Å². The van der Waals surface area contributed by atoms with Gasteiger partial charge in [0.15, 0.2) is 0 Å². The van der Waals surface area contributed by atoms with Gasteiger partial charge in [-0.1, -0.05) is 20.4 Å². The Balaban J connectivity index is 3.98. The van der Waals surface area contributed by atoms with Gasteiger partial charge in [-0.2, -0.15) is 0 Å². The Hall–Kier alpha value is -1.40. The van der Waals surface area contributed by atoms with Crippen LogP contribution in [0.5, 0.6) is 0 Å². The van der Waals surface area contributed by atoms with E-state index in [1.807, 2.05) is 0 Å². The van der Waals surface area contributed by atoms with Crippen molar-refractivity contribution in [2.24, 2.45) is 5.41 Å². The molecule has 0 aromatic heterocycles. The van der Waals surface area contributed by atoms with E-state index in [0.717, 1.165) is 0 Å². The molecule has 1 unspecified atom stereocenters. The summed E-state index contributed by atoms with van der Waals surface area (Å²) in [5, 5.41) is 29.7. The molecule has 0 saturated heterocycles. The first kappa shape index (κ1) is 16.6. The summed E-state index contributed by atoms with van der Waals surface area (Å²) in [6.07, 6.45) is -0.594. The van der Waals surface area contributed by atoms with Crippen LogP contribution in [-0.4, -0.2) is 46.5 Å². The molecule has 0 aliphatic heterocycles. The number of amides is 1. The number of aliphatic carboxylic acids is 1. The first-order valence-corrected chi connectivity index (χ1v) is 5.70. The summed E-state index contributed by atoms with van der Waals surface area (Å²) in [5.74, 6) is -1.63. The fourth-order valence-corrected chi connectivity index (χ4v) is 1.16. The summed E-state index contributed by atoms with van der Waals surface area (Å²) in [6.45, 7) is 6.46. The van der Waals surface area contributed by atoms with Crippen molar-refractivity contribution in [2.45, 2.75) is 32.8 Å². The van der Waals surface area contributed by atoms with Crippen LogP contribution in [0.4, 0.5) is 0 Å². The fourth-order valence-electron chi connectivity index (χ4n) is 1.16. The van der Waals surface area contributed by atoms with Crippen molar-refractivity contribution in [3.05, 3.63) is 12.2 Å². The maximum atomic E-state index is 11.5. The molecule has 0 fully saturated rings. The zero-order valence-corrected chi connectivity index (χ0v) is 10.8. The van der Waals surface area contributed by atoms with E-state index in [1.165, 1.54) is 0 Å². The lowest BCUT2D eigenvalue weighted by Crippen LogP contribution is -2.45. The summed E-state index contributed by atoms with van der Waals surface area (Å²) in [4.78, 5) is 22.0. The van der Waals surface area contributed by atoms with Crippen LogP contribution in [0.2, 0.25) is 0 Å². The van der Waals surface area contributed by atoms with E-state index in [0.29, 0.717) is 6.42 Å². The molecule has 104 valence electrons. The molecule has 6 nitrogen and oxygen atoms in total. The average molecular weight is 259 g/mol. The third kappa shape index (κ3) is 5.29. The second-order valence-corrected chi connectivity index (χ2v) is 4.85. The summed E-state index contributed by atoms with van der Waals surface area (Å²) >= 11 is 0. The smallest absolute Gasteiger partial charge is 0.330 e. The van der Waals surface area contributed by atoms with Crippen LogP contribution in [0, 0.1) is 5.41 Å². The zero-order valence-electron chi connectivity index (χ0n) is 10.8. The highest BCUT2D eigenvalue weighted by Gasteiger charge is 2.32. The molecule has 1 amide bonds. The third-order valence-corrected chi connectivity index (χ3v) is 2.65. The molecule has 6 heteroatoms. The van der Waals surface area contributed by atoms with Gasteiger partial charge in [-0.3, -0.25) is 4.79 Å². The van der Waals surface area contributed by atoms with Crippen molar-refractivity contribution in [2.75, 3.05) is 13.2 Å². The van der Waals surface area contributed by atoms with Crippen LogP contribution in [0.3, 0.4) is 0 Å². The number of carbonyl (C=O) groups is 2. The highest BCUT2D eigenvalue weighted by atomic mass is 16.4. The van der Waals surface area contributed by atoms with Gasteiger partial charge in [0.1, 0.15) is 6.10 Å². The minimum Gasteiger partial charge on any atom is -0.478 e. The van der Waals surface area contributed by atoms with Crippen LogP contribution >= 0.6 is 0 Å². The number of rotatable bonds is 8. The average Bonchev–Trinajstić information content (AvgIpc) is 2.32.